The zero-order chi connectivity index (χ0) is 46.5. The van der Waals surface area contributed by atoms with Crippen molar-refractivity contribution in [2.24, 2.45) is 0 Å². The predicted molar refractivity (Wildman–Crippen MR) is 274 cm³/mol. The number of hydrogen-bond donors (Lipinski definition) is 0. The normalized spacial score (nSPS) is 12.6. The van der Waals surface area contributed by atoms with E-state index in [4.69, 9.17) is 14.2 Å². The molecule has 0 aliphatic rings. The Bertz CT molecular complexity index is 1210. The minimum Gasteiger partial charge on any atom is -0.462 e. The van der Waals surface area contributed by atoms with Gasteiger partial charge in [-0.3, -0.25) is 14.4 Å². The summed E-state index contributed by atoms with van der Waals surface area (Å²) < 4.78 is 16.6. The molecule has 0 fully saturated rings. The molecule has 1 unspecified atom stereocenters. The summed E-state index contributed by atoms with van der Waals surface area (Å²) in [6.07, 6.45) is 66.6. The number of unbranched alkanes of at least 4 members (excludes halogenated alkanes) is 25. The van der Waals surface area contributed by atoms with Gasteiger partial charge in [-0.05, 0) is 70.6 Å². The zero-order valence-corrected chi connectivity index (χ0v) is 42.0. The van der Waals surface area contributed by atoms with Crippen LogP contribution in [0.2, 0.25) is 0 Å². The third-order valence-electron chi connectivity index (χ3n) is 11.5. The quantitative estimate of drug-likeness (QED) is 0.0262. The summed E-state index contributed by atoms with van der Waals surface area (Å²) in [5.41, 5.74) is 0. The summed E-state index contributed by atoms with van der Waals surface area (Å²) in [6, 6.07) is 0. The van der Waals surface area contributed by atoms with Crippen molar-refractivity contribution < 1.29 is 28.6 Å². The van der Waals surface area contributed by atoms with Crippen LogP contribution in [-0.4, -0.2) is 37.2 Å². The van der Waals surface area contributed by atoms with Gasteiger partial charge in [-0.2, -0.15) is 0 Å². The predicted octanol–water partition coefficient (Wildman–Crippen LogP) is 17.8. The lowest BCUT2D eigenvalue weighted by Gasteiger charge is -2.18. The molecule has 0 saturated carbocycles. The van der Waals surface area contributed by atoms with Crippen molar-refractivity contribution in [2.45, 2.75) is 264 Å². The van der Waals surface area contributed by atoms with Gasteiger partial charge >= 0.3 is 17.9 Å². The third kappa shape index (κ3) is 49.9. The van der Waals surface area contributed by atoms with Crippen LogP contribution in [0, 0.1) is 0 Å². The Kier molecular flexibility index (Phi) is 49.9. The molecule has 0 radical (unpaired) electrons. The summed E-state index contributed by atoms with van der Waals surface area (Å²) in [5, 5.41) is 0. The molecule has 0 aliphatic heterocycles. The fourth-order valence-corrected chi connectivity index (χ4v) is 7.45. The number of rotatable bonds is 48. The van der Waals surface area contributed by atoms with Crippen LogP contribution in [0.1, 0.15) is 258 Å². The van der Waals surface area contributed by atoms with E-state index in [1.165, 1.54) is 116 Å². The highest BCUT2D eigenvalue weighted by molar-refractivity contribution is 5.71. The van der Waals surface area contributed by atoms with Gasteiger partial charge in [0.15, 0.2) is 6.10 Å². The van der Waals surface area contributed by atoms with Gasteiger partial charge in [0.05, 0.1) is 0 Å². The van der Waals surface area contributed by atoms with Crippen LogP contribution in [-0.2, 0) is 28.6 Å². The van der Waals surface area contributed by atoms with Gasteiger partial charge in [0.2, 0.25) is 0 Å². The second-order valence-electron chi connectivity index (χ2n) is 17.8. The Morgan fingerprint density at radius 3 is 0.953 bits per heavy atom. The lowest BCUT2D eigenvalue weighted by molar-refractivity contribution is -0.167. The number of allylic oxidation sites excluding steroid dienone is 12. The minimum atomic E-state index is -0.767. The van der Waals surface area contributed by atoms with E-state index in [2.05, 4.69) is 93.7 Å². The van der Waals surface area contributed by atoms with Crippen molar-refractivity contribution >= 4 is 17.9 Å². The minimum absolute atomic E-state index is 0.0735. The fourth-order valence-electron chi connectivity index (χ4n) is 7.45. The monoisotopic (exact) mass is 893 g/mol. The lowest BCUT2D eigenvalue weighted by atomic mass is 10.0. The van der Waals surface area contributed by atoms with Crippen LogP contribution in [0.3, 0.4) is 0 Å². The molecular weight excluding hydrogens is 793 g/mol. The largest absolute Gasteiger partial charge is 0.462 e. The average molecular weight is 893 g/mol. The van der Waals surface area contributed by atoms with Gasteiger partial charge in [0, 0.05) is 19.3 Å². The van der Waals surface area contributed by atoms with E-state index in [0.29, 0.717) is 19.3 Å². The maximum Gasteiger partial charge on any atom is 0.306 e. The average Bonchev–Trinajstić information content (AvgIpc) is 3.29. The molecule has 0 rings (SSSR count). The molecule has 0 aromatic heterocycles. The Balaban J connectivity index is 3.96. The van der Waals surface area contributed by atoms with Crippen LogP contribution in [0.15, 0.2) is 72.9 Å². The van der Waals surface area contributed by atoms with Crippen molar-refractivity contribution in [3.05, 3.63) is 72.9 Å². The fraction of sp³-hybridized carbons (Fsp3) is 0.741. The van der Waals surface area contributed by atoms with Crippen LogP contribution in [0.4, 0.5) is 0 Å². The first-order valence-corrected chi connectivity index (χ1v) is 26.9. The van der Waals surface area contributed by atoms with Gasteiger partial charge in [-0.25, -0.2) is 0 Å². The second-order valence-corrected chi connectivity index (χ2v) is 17.8. The molecule has 0 spiro atoms. The number of ether oxygens (including phenoxy) is 3. The standard InChI is InChI=1S/C58H100O6/c1-4-7-10-13-15-17-19-20-21-22-23-24-25-26-27-28-29-30-31-32-33-34-35-36-37-38-39-41-42-45-48-51-57(60)63-54-55(53-62-56(59)50-47-44-12-9-6-3)64-58(61)52-49-46-43-40-18-16-14-11-8-5-2/h7,10,15,17,20-21,23-24,26-27,29-30,55H,4-6,8-9,11-14,16,18-19,22,25,28,31-54H2,1-3H3/b10-7-,17-15-,21-20-,24-23-,27-26-,30-29-. The van der Waals surface area contributed by atoms with Crippen LogP contribution >= 0.6 is 0 Å². The first-order chi connectivity index (χ1) is 31.5. The smallest absolute Gasteiger partial charge is 0.306 e. The molecule has 0 bridgehead atoms. The Morgan fingerprint density at radius 2 is 0.609 bits per heavy atom. The van der Waals surface area contributed by atoms with E-state index < -0.39 is 6.10 Å². The first-order valence-electron chi connectivity index (χ1n) is 26.9. The maximum absolute atomic E-state index is 12.7. The van der Waals surface area contributed by atoms with Crippen LogP contribution < -0.4 is 0 Å². The van der Waals surface area contributed by atoms with E-state index in [1.54, 1.807) is 0 Å². The summed E-state index contributed by atoms with van der Waals surface area (Å²) in [7, 11) is 0. The van der Waals surface area contributed by atoms with Crippen LogP contribution in [0.5, 0.6) is 0 Å². The molecule has 368 valence electrons. The molecule has 0 saturated heterocycles. The summed E-state index contributed by atoms with van der Waals surface area (Å²) in [6.45, 7) is 6.43. The van der Waals surface area contributed by atoms with Crippen molar-refractivity contribution in [1.82, 2.24) is 0 Å². The van der Waals surface area contributed by atoms with E-state index in [0.717, 1.165) is 103 Å². The molecule has 0 aromatic rings. The number of carbonyl (C=O) groups is 3. The van der Waals surface area contributed by atoms with Gasteiger partial charge in [0.1, 0.15) is 13.2 Å². The molecule has 1 atom stereocenters. The van der Waals surface area contributed by atoms with Gasteiger partial charge in [-0.15, -0.1) is 0 Å². The van der Waals surface area contributed by atoms with Crippen molar-refractivity contribution in [1.29, 1.82) is 0 Å². The summed E-state index contributed by atoms with van der Waals surface area (Å²) in [4.78, 5) is 37.6. The molecule has 6 nitrogen and oxygen atoms in total. The molecule has 0 aliphatic carbocycles. The first kappa shape index (κ1) is 60.9. The SMILES string of the molecule is CC/C=C\C/C=C\C/C=C\C/C=C\C/C=C\C/C=C\CCCCCCCCCCCCCCC(=O)OCC(COC(=O)CCCCCCC)OC(=O)CCCCCCCCCCCC. The Hall–Kier alpha value is -3.15. The topological polar surface area (TPSA) is 78.9 Å². The van der Waals surface area contributed by atoms with Crippen molar-refractivity contribution in [2.75, 3.05) is 13.2 Å². The van der Waals surface area contributed by atoms with E-state index in [1.807, 2.05) is 0 Å². The summed E-state index contributed by atoms with van der Waals surface area (Å²) >= 11 is 0. The number of esters is 3. The zero-order valence-electron chi connectivity index (χ0n) is 42.0. The number of hydrogen-bond acceptors (Lipinski definition) is 6. The highest BCUT2D eigenvalue weighted by Crippen LogP contribution is 2.15. The molecule has 0 N–H and O–H groups in total. The highest BCUT2D eigenvalue weighted by Gasteiger charge is 2.19. The Morgan fingerprint density at radius 1 is 0.328 bits per heavy atom. The molecule has 6 heteroatoms. The Labute approximate surface area is 395 Å². The van der Waals surface area contributed by atoms with Crippen molar-refractivity contribution in [3.8, 4) is 0 Å². The second kappa shape index (κ2) is 52.5. The van der Waals surface area contributed by atoms with Gasteiger partial charge in [0.25, 0.3) is 0 Å². The van der Waals surface area contributed by atoms with Crippen LogP contribution in [0.25, 0.3) is 0 Å². The highest BCUT2D eigenvalue weighted by atomic mass is 16.6. The molecule has 0 amide bonds. The molecule has 0 aromatic carbocycles. The van der Waals surface area contributed by atoms with E-state index in [-0.39, 0.29) is 31.1 Å². The summed E-state index contributed by atoms with van der Waals surface area (Å²) in [5.74, 6) is -0.888. The molecular formula is C58H100O6. The van der Waals surface area contributed by atoms with Gasteiger partial charge < -0.3 is 14.2 Å². The van der Waals surface area contributed by atoms with Gasteiger partial charge in [-0.1, -0.05) is 241 Å². The molecule has 64 heavy (non-hydrogen) atoms. The van der Waals surface area contributed by atoms with E-state index in [9.17, 15) is 14.4 Å². The molecule has 0 heterocycles. The van der Waals surface area contributed by atoms with Crippen molar-refractivity contribution in [3.63, 3.8) is 0 Å². The van der Waals surface area contributed by atoms with E-state index >= 15 is 0 Å². The number of carbonyl (C=O) groups excluding carboxylic acids is 3. The third-order valence-corrected chi connectivity index (χ3v) is 11.5. The maximum atomic E-state index is 12.7. The lowest BCUT2D eigenvalue weighted by Crippen LogP contribution is -2.30.